The van der Waals surface area contributed by atoms with E-state index in [0.717, 1.165) is 6.42 Å². The summed E-state index contributed by atoms with van der Waals surface area (Å²) in [5.74, 6) is 0.382. The van der Waals surface area contributed by atoms with Crippen LogP contribution in [0.15, 0.2) is 48.5 Å². The number of rotatable bonds is 5. The third-order valence-electron chi connectivity index (χ3n) is 3.42. The molecule has 0 atom stereocenters. The molecule has 4 nitrogen and oxygen atoms in total. The van der Waals surface area contributed by atoms with Gasteiger partial charge in [0.15, 0.2) is 0 Å². The second-order valence-electron chi connectivity index (χ2n) is 4.89. The molecule has 0 aliphatic heterocycles. The fourth-order valence-corrected chi connectivity index (χ4v) is 2.18. The van der Waals surface area contributed by atoms with Crippen molar-refractivity contribution in [3.63, 3.8) is 0 Å². The number of amides is 1. The minimum atomic E-state index is -0.124. The van der Waals surface area contributed by atoms with E-state index >= 15 is 0 Å². The smallest absolute Gasteiger partial charge is 0.259 e. The highest BCUT2D eigenvalue weighted by Gasteiger charge is 2.19. The van der Waals surface area contributed by atoms with Crippen LogP contribution in [0.4, 0.5) is 5.69 Å². The van der Waals surface area contributed by atoms with Gasteiger partial charge in [-0.1, -0.05) is 36.4 Å². The van der Waals surface area contributed by atoms with E-state index in [1.165, 1.54) is 12.7 Å². The van der Waals surface area contributed by atoms with Gasteiger partial charge >= 0.3 is 0 Å². The molecule has 1 amide bonds. The van der Waals surface area contributed by atoms with Crippen LogP contribution in [-0.2, 0) is 6.42 Å². The normalized spacial score (nSPS) is 10.2. The molecule has 4 heteroatoms. The molecule has 0 fully saturated rings. The van der Waals surface area contributed by atoms with E-state index < -0.39 is 0 Å². The standard InChI is InChI=1S/C17H20N2O2/c1-19(12-11-13-7-4-3-5-8-13)17(20)16-14(18)9-6-10-15(16)21-2/h3-10H,11-12,18H2,1-2H3. The molecule has 21 heavy (non-hydrogen) atoms. The van der Waals surface area contributed by atoms with Crippen LogP contribution < -0.4 is 10.5 Å². The first kappa shape index (κ1) is 14.9. The highest BCUT2D eigenvalue weighted by Crippen LogP contribution is 2.25. The number of methoxy groups -OCH3 is 1. The van der Waals surface area contributed by atoms with Gasteiger partial charge in [-0.15, -0.1) is 0 Å². The predicted molar refractivity (Wildman–Crippen MR) is 84.5 cm³/mol. The first-order valence-electron chi connectivity index (χ1n) is 6.85. The van der Waals surface area contributed by atoms with Crippen molar-refractivity contribution in [1.29, 1.82) is 0 Å². The van der Waals surface area contributed by atoms with Gasteiger partial charge in [-0.25, -0.2) is 0 Å². The Morgan fingerprint density at radius 2 is 1.86 bits per heavy atom. The van der Waals surface area contributed by atoms with Crippen LogP contribution in [0.2, 0.25) is 0 Å². The third kappa shape index (κ3) is 3.54. The molecule has 0 aliphatic rings. The molecule has 2 rings (SSSR count). The number of likely N-dealkylation sites (N-methyl/N-ethyl adjacent to an activating group) is 1. The largest absolute Gasteiger partial charge is 0.496 e. The molecular formula is C17H20N2O2. The minimum Gasteiger partial charge on any atom is -0.496 e. The maximum atomic E-state index is 12.5. The third-order valence-corrected chi connectivity index (χ3v) is 3.42. The van der Waals surface area contributed by atoms with Gasteiger partial charge in [-0.3, -0.25) is 4.79 Å². The zero-order chi connectivity index (χ0) is 15.2. The monoisotopic (exact) mass is 284 g/mol. The topological polar surface area (TPSA) is 55.6 Å². The maximum Gasteiger partial charge on any atom is 0.259 e. The zero-order valence-electron chi connectivity index (χ0n) is 12.4. The Hall–Kier alpha value is -2.49. The van der Waals surface area contributed by atoms with E-state index in [1.807, 2.05) is 18.2 Å². The van der Waals surface area contributed by atoms with Crippen LogP contribution in [0.5, 0.6) is 5.75 Å². The van der Waals surface area contributed by atoms with Crippen molar-refractivity contribution in [2.75, 3.05) is 26.4 Å². The summed E-state index contributed by atoms with van der Waals surface area (Å²) in [6.45, 7) is 0.625. The number of carbonyl (C=O) groups excluding carboxylic acids is 1. The highest BCUT2D eigenvalue weighted by molar-refractivity contribution is 6.01. The molecule has 0 bridgehead atoms. The van der Waals surface area contributed by atoms with E-state index in [-0.39, 0.29) is 5.91 Å². The molecule has 0 radical (unpaired) electrons. The summed E-state index contributed by atoms with van der Waals surface area (Å²) in [7, 11) is 3.31. The summed E-state index contributed by atoms with van der Waals surface area (Å²) in [4.78, 5) is 14.2. The second-order valence-corrected chi connectivity index (χ2v) is 4.89. The Kier molecular flexibility index (Phi) is 4.82. The van der Waals surface area contributed by atoms with Gasteiger partial charge < -0.3 is 15.4 Å². The van der Waals surface area contributed by atoms with Crippen LogP contribution >= 0.6 is 0 Å². The van der Waals surface area contributed by atoms with Crippen molar-refractivity contribution in [1.82, 2.24) is 4.90 Å². The van der Waals surface area contributed by atoms with Crippen LogP contribution in [0.1, 0.15) is 15.9 Å². The quantitative estimate of drug-likeness (QED) is 0.859. The number of nitrogens with two attached hydrogens (primary N) is 1. The van der Waals surface area contributed by atoms with E-state index in [0.29, 0.717) is 23.5 Å². The van der Waals surface area contributed by atoms with Crippen molar-refractivity contribution in [2.24, 2.45) is 0 Å². The molecule has 0 heterocycles. The fourth-order valence-electron chi connectivity index (χ4n) is 2.18. The van der Waals surface area contributed by atoms with Gasteiger partial charge in [-0.05, 0) is 24.1 Å². The number of hydrogen-bond donors (Lipinski definition) is 1. The maximum absolute atomic E-state index is 12.5. The molecule has 0 spiro atoms. The van der Waals surface area contributed by atoms with Crippen LogP contribution in [0.25, 0.3) is 0 Å². The lowest BCUT2D eigenvalue weighted by Gasteiger charge is -2.19. The molecule has 0 aromatic heterocycles. The van der Waals surface area contributed by atoms with Gasteiger partial charge in [0, 0.05) is 19.3 Å². The number of ether oxygens (including phenoxy) is 1. The number of hydrogen-bond acceptors (Lipinski definition) is 3. The molecule has 2 aromatic carbocycles. The molecule has 0 saturated heterocycles. The van der Waals surface area contributed by atoms with E-state index in [4.69, 9.17) is 10.5 Å². The van der Waals surface area contributed by atoms with E-state index in [9.17, 15) is 4.79 Å². The minimum absolute atomic E-state index is 0.124. The van der Waals surface area contributed by atoms with Crippen LogP contribution in [-0.4, -0.2) is 31.5 Å². The summed E-state index contributed by atoms with van der Waals surface area (Å²) < 4.78 is 5.23. The Balaban J connectivity index is 2.09. The Labute approximate surface area is 125 Å². The summed E-state index contributed by atoms with van der Waals surface area (Å²) in [5.41, 5.74) is 7.98. The Morgan fingerprint density at radius 3 is 2.52 bits per heavy atom. The fraction of sp³-hybridized carbons (Fsp3) is 0.235. The van der Waals surface area contributed by atoms with Crippen molar-refractivity contribution in [2.45, 2.75) is 6.42 Å². The Bertz CT molecular complexity index is 611. The average Bonchev–Trinajstić information content (AvgIpc) is 2.52. The molecule has 0 unspecified atom stereocenters. The molecule has 0 saturated carbocycles. The number of nitrogen functional groups attached to an aromatic ring is 1. The highest BCUT2D eigenvalue weighted by atomic mass is 16.5. The lowest BCUT2D eigenvalue weighted by atomic mass is 10.1. The summed E-state index contributed by atoms with van der Waals surface area (Å²) >= 11 is 0. The van der Waals surface area contributed by atoms with Crippen molar-refractivity contribution < 1.29 is 9.53 Å². The van der Waals surface area contributed by atoms with Gasteiger partial charge in [0.1, 0.15) is 11.3 Å². The predicted octanol–water partition coefficient (Wildman–Crippen LogP) is 2.59. The number of carbonyl (C=O) groups is 1. The molecule has 2 aromatic rings. The lowest BCUT2D eigenvalue weighted by Crippen LogP contribution is -2.29. The average molecular weight is 284 g/mol. The Morgan fingerprint density at radius 1 is 1.14 bits per heavy atom. The summed E-state index contributed by atoms with van der Waals surface area (Å²) in [5, 5.41) is 0. The summed E-state index contributed by atoms with van der Waals surface area (Å²) in [6, 6.07) is 15.3. The van der Waals surface area contributed by atoms with Gasteiger partial charge in [-0.2, -0.15) is 0 Å². The molecule has 0 aliphatic carbocycles. The van der Waals surface area contributed by atoms with E-state index in [2.05, 4.69) is 12.1 Å². The summed E-state index contributed by atoms with van der Waals surface area (Å²) in [6.07, 6.45) is 0.804. The van der Waals surface area contributed by atoms with Crippen LogP contribution in [0, 0.1) is 0 Å². The first-order valence-corrected chi connectivity index (χ1v) is 6.85. The SMILES string of the molecule is COc1cccc(N)c1C(=O)N(C)CCc1ccccc1. The zero-order valence-corrected chi connectivity index (χ0v) is 12.4. The lowest BCUT2D eigenvalue weighted by molar-refractivity contribution is 0.0794. The van der Waals surface area contributed by atoms with Gasteiger partial charge in [0.25, 0.3) is 5.91 Å². The van der Waals surface area contributed by atoms with E-state index in [1.54, 1.807) is 30.1 Å². The van der Waals surface area contributed by atoms with Crippen molar-refractivity contribution >= 4 is 11.6 Å². The van der Waals surface area contributed by atoms with Gasteiger partial charge in [0.2, 0.25) is 0 Å². The molecule has 2 N–H and O–H groups in total. The second kappa shape index (κ2) is 6.79. The van der Waals surface area contributed by atoms with Crippen molar-refractivity contribution in [3.05, 3.63) is 59.7 Å². The number of anilines is 1. The molecule has 110 valence electrons. The first-order chi connectivity index (χ1) is 10.1. The van der Waals surface area contributed by atoms with Crippen molar-refractivity contribution in [3.8, 4) is 5.75 Å². The number of nitrogens with zero attached hydrogens (tertiary/aromatic N) is 1. The van der Waals surface area contributed by atoms with Gasteiger partial charge in [0.05, 0.1) is 7.11 Å². The number of benzene rings is 2. The van der Waals surface area contributed by atoms with Crippen LogP contribution in [0.3, 0.4) is 0 Å². The molecular weight excluding hydrogens is 264 g/mol.